The number of ether oxygens (including phenoxy) is 2. The molecule has 7 rings (SSSR count). The Labute approximate surface area is 308 Å². The number of halogens is 1. The number of aliphatic carboxylic acids is 1. The predicted molar refractivity (Wildman–Crippen MR) is 182 cm³/mol. The number of fused-ring (bicyclic) bond motifs is 4. The number of pyridine rings is 1. The number of aliphatic hydroxyl groups excluding tert-OH is 2. The Balaban J connectivity index is 0.000000303. The summed E-state index contributed by atoms with van der Waals surface area (Å²) < 4.78 is 25.4. The molecule has 4 aromatic rings. The average Bonchev–Trinajstić information content (AvgIpc) is 3.94. The van der Waals surface area contributed by atoms with Crippen LogP contribution in [0.5, 0.6) is 11.5 Å². The van der Waals surface area contributed by atoms with Crippen molar-refractivity contribution in [1.29, 1.82) is 0 Å². The summed E-state index contributed by atoms with van der Waals surface area (Å²) in [4.78, 5) is 15.9. The summed E-state index contributed by atoms with van der Waals surface area (Å²) in [6, 6.07) is 22.3. The molecule has 2 unspecified atom stereocenters. The zero-order valence-electron chi connectivity index (χ0n) is 27.7. The van der Waals surface area contributed by atoms with Gasteiger partial charge in [0.15, 0.2) is 0 Å². The molecule has 3 aromatic carbocycles. The average molecular weight is 672 g/mol. The van der Waals surface area contributed by atoms with Gasteiger partial charge in [0.2, 0.25) is 0 Å². The number of hydrogen-bond donors (Lipinski definition) is 2. The number of carbonyl (C=O) groups is 1. The van der Waals surface area contributed by atoms with Crippen LogP contribution in [-0.2, 0) is 11.2 Å². The normalized spacial score (nSPS) is 16.1. The molecule has 1 aromatic heterocycles. The minimum absolute atomic E-state index is 0. The van der Waals surface area contributed by atoms with Crippen LogP contribution in [0.3, 0.4) is 0 Å². The van der Waals surface area contributed by atoms with Gasteiger partial charge < -0.3 is 29.6 Å². The van der Waals surface area contributed by atoms with E-state index < -0.39 is 24.6 Å². The number of nitrogens with zero attached hydrogens (tertiary/aromatic N) is 1. The third kappa shape index (κ3) is 9.07. The van der Waals surface area contributed by atoms with Crippen molar-refractivity contribution in [3.63, 3.8) is 0 Å². The summed E-state index contributed by atoms with van der Waals surface area (Å²) in [5, 5.41) is 31.2. The Morgan fingerprint density at radius 1 is 0.959 bits per heavy atom. The van der Waals surface area contributed by atoms with E-state index in [1.54, 1.807) is 24.3 Å². The third-order valence-electron chi connectivity index (χ3n) is 8.76. The fourth-order valence-electron chi connectivity index (χ4n) is 6.28. The first kappa shape index (κ1) is 36.5. The summed E-state index contributed by atoms with van der Waals surface area (Å²) >= 11 is 0. The van der Waals surface area contributed by atoms with Crippen molar-refractivity contribution in [2.75, 3.05) is 13.2 Å². The molecular weight excluding hydrogens is 632 g/mol. The second kappa shape index (κ2) is 16.7. The topological polar surface area (TPSA) is 112 Å². The zero-order chi connectivity index (χ0) is 33.6. The van der Waals surface area contributed by atoms with Gasteiger partial charge >= 0.3 is 29.6 Å². The van der Waals surface area contributed by atoms with E-state index in [0.29, 0.717) is 13.0 Å². The maximum Gasteiger partial charge on any atom is 1.00 e. The van der Waals surface area contributed by atoms with Crippen molar-refractivity contribution in [2.24, 2.45) is 0 Å². The van der Waals surface area contributed by atoms with Crippen LogP contribution in [0.2, 0.25) is 0 Å². The zero-order valence-corrected chi connectivity index (χ0v) is 29.7. The number of carboxylic acid groups (broad SMARTS) is 1. The second-order valence-electron chi connectivity index (χ2n) is 12.4. The van der Waals surface area contributed by atoms with Gasteiger partial charge in [0, 0.05) is 47.8 Å². The van der Waals surface area contributed by atoms with Crippen LogP contribution in [0, 0.1) is 5.82 Å². The van der Waals surface area contributed by atoms with E-state index in [1.165, 1.54) is 23.3 Å². The molecule has 0 spiro atoms. The van der Waals surface area contributed by atoms with Crippen molar-refractivity contribution < 1.29 is 63.5 Å². The quantitative estimate of drug-likeness (QED) is 0.276. The van der Waals surface area contributed by atoms with Gasteiger partial charge in [-0.3, -0.25) is 4.98 Å². The SMILES string of the molecule is C=C1CCCOc2ccccc21.O=C([O-])CC(O)CC(O)/C=C/c1c(C2CC2)nc2c(c1-c1ccc(F)cc1)CCOc1ccccc1-2.[Na+]. The van der Waals surface area contributed by atoms with Gasteiger partial charge in [0.25, 0.3) is 0 Å². The van der Waals surface area contributed by atoms with E-state index in [4.69, 9.17) is 14.5 Å². The molecule has 0 bridgehead atoms. The Kier molecular flexibility index (Phi) is 12.5. The Morgan fingerprint density at radius 3 is 2.31 bits per heavy atom. The van der Waals surface area contributed by atoms with E-state index in [-0.39, 0.29) is 47.7 Å². The fraction of sp³-hybridized carbons (Fsp3) is 0.300. The van der Waals surface area contributed by atoms with E-state index in [9.17, 15) is 24.5 Å². The number of allylic oxidation sites excluding steroid dienone is 1. The second-order valence-corrected chi connectivity index (χ2v) is 12.4. The van der Waals surface area contributed by atoms with E-state index in [1.807, 2.05) is 42.5 Å². The molecule has 2 atom stereocenters. The van der Waals surface area contributed by atoms with Crippen LogP contribution in [0.15, 0.2) is 85.5 Å². The molecule has 0 amide bonds. The molecular formula is C40H39FNNaO6. The van der Waals surface area contributed by atoms with E-state index in [0.717, 1.165) is 83.0 Å². The number of benzene rings is 3. The maximum atomic E-state index is 13.8. The summed E-state index contributed by atoms with van der Waals surface area (Å²) in [7, 11) is 0. The molecule has 9 heteroatoms. The monoisotopic (exact) mass is 671 g/mol. The van der Waals surface area contributed by atoms with Gasteiger partial charge in [-0.1, -0.05) is 61.2 Å². The van der Waals surface area contributed by atoms with Crippen LogP contribution in [0.1, 0.15) is 66.8 Å². The summed E-state index contributed by atoms with van der Waals surface area (Å²) in [5.41, 5.74) is 8.63. The van der Waals surface area contributed by atoms with Crippen LogP contribution in [0.4, 0.5) is 4.39 Å². The number of carbonyl (C=O) groups excluding carboxylic acids is 1. The molecule has 1 fully saturated rings. The third-order valence-corrected chi connectivity index (χ3v) is 8.76. The fourth-order valence-corrected chi connectivity index (χ4v) is 6.28. The molecule has 0 saturated heterocycles. The molecule has 248 valence electrons. The van der Waals surface area contributed by atoms with Crippen LogP contribution in [-0.4, -0.2) is 46.6 Å². The van der Waals surface area contributed by atoms with Gasteiger partial charge in [0.05, 0.1) is 36.8 Å². The maximum absolute atomic E-state index is 13.8. The molecule has 3 heterocycles. The first-order chi connectivity index (χ1) is 23.3. The smallest absolute Gasteiger partial charge is 0.550 e. The Bertz CT molecular complexity index is 1820. The number of carboxylic acids is 1. The molecule has 0 radical (unpaired) electrons. The first-order valence-electron chi connectivity index (χ1n) is 16.5. The van der Waals surface area contributed by atoms with E-state index in [2.05, 4.69) is 12.6 Å². The van der Waals surface area contributed by atoms with Crippen molar-refractivity contribution >= 4 is 17.6 Å². The molecule has 3 aliphatic rings. The number of hydrogen-bond acceptors (Lipinski definition) is 7. The molecule has 1 aliphatic carbocycles. The summed E-state index contributed by atoms with van der Waals surface area (Å²) in [6.07, 6.45) is 5.14. The molecule has 1 saturated carbocycles. The predicted octanol–water partition coefficient (Wildman–Crippen LogP) is 3.51. The van der Waals surface area contributed by atoms with Gasteiger partial charge in [-0.2, -0.15) is 0 Å². The van der Waals surface area contributed by atoms with Gasteiger partial charge in [-0.25, -0.2) is 4.39 Å². The standard InChI is InChI=1S/C29H28FNO5.C11H12O.Na/c30-19-9-7-17(8-10-19)27-23(12-11-20(32)15-21(33)16-26(34)35)28(18-5-6-18)31-29-22-3-1-2-4-25(22)36-14-13-24(27)29;1-9-5-4-8-12-11-7-3-2-6-10(9)11;/h1-4,7-12,18,20-21,32-33H,5-6,13-16H2,(H,34,35);2-3,6-7H,1,4-5,8H2;/q;;+1/p-1/b12-11+;;. The van der Waals surface area contributed by atoms with Gasteiger partial charge in [0.1, 0.15) is 17.3 Å². The van der Waals surface area contributed by atoms with Crippen LogP contribution >= 0.6 is 0 Å². The Morgan fingerprint density at radius 2 is 1.61 bits per heavy atom. The summed E-state index contributed by atoms with van der Waals surface area (Å²) in [5.74, 6) is 0.331. The van der Waals surface area contributed by atoms with E-state index >= 15 is 0 Å². The molecule has 2 aliphatic heterocycles. The Hall–Kier alpha value is -3.79. The number of para-hydroxylation sites is 2. The van der Waals surface area contributed by atoms with Gasteiger partial charge in [-0.15, -0.1) is 0 Å². The molecule has 7 nitrogen and oxygen atoms in total. The largest absolute Gasteiger partial charge is 1.00 e. The minimum atomic E-state index is -1.37. The number of aromatic nitrogens is 1. The van der Waals surface area contributed by atoms with Crippen molar-refractivity contribution in [1.82, 2.24) is 4.98 Å². The van der Waals surface area contributed by atoms with Crippen molar-refractivity contribution in [3.8, 4) is 33.9 Å². The summed E-state index contributed by atoms with van der Waals surface area (Å²) in [6.45, 7) is 5.31. The minimum Gasteiger partial charge on any atom is -0.550 e. The molecule has 49 heavy (non-hydrogen) atoms. The van der Waals surface area contributed by atoms with Crippen LogP contribution < -0.4 is 44.1 Å². The van der Waals surface area contributed by atoms with Crippen LogP contribution in [0.25, 0.3) is 34.0 Å². The van der Waals surface area contributed by atoms with Crippen molar-refractivity contribution in [2.45, 2.75) is 63.1 Å². The number of rotatable bonds is 8. The molecule has 2 N–H and O–H groups in total. The van der Waals surface area contributed by atoms with Crippen molar-refractivity contribution in [3.05, 3.63) is 114 Å². The van der Waals surface area contributed by atoms with Gasteiger partial charge in [-0.05, 0) is 78.3 Å². The first-order valence-corrected chi connectivity index (χ1v) is 16.5. The number of aliphatic hydroxyl groups is 2.